The van der Waals surface area contributed by atoms with Crippen LogP contribution in [-0.4, -0.2) is 37.1 Å². The van der Waals surface area contributed by atoms with Gasteiger partial charge in [0.1, 0.15) is 5.82 Å². The molecule has 0 atom stereocenters. The van der Waals surface area contributed by atoms with Gasteiger partial charge in [-0.1, -0.05) is 12.2 Å². The maximum absolute atomic E-state index is 15.1. The standard InChI is InChI=1S/C21H28FN5/c1-8-15(11-10-13(3)25-17(9-2)23-5)18-14(4)19(22)21(27(6)7)20-16(18)12-24-26-20/h8-12,23H,1-7H3,(H,24,26)/b11-10-,15-8+,17-9-,25-13+. The Hall–Kier alpha value is -2.89. The summed E-state index contributed by atoms with van der Waals surface area (Å²) < 4.78 is 15.1. The zero-order valence-electron chi connectivity index (χ0n) is 17.1. The monoisotopic (exact) mass is 369 g/mol. The number of H-pyrrole nitrogens is 1. The van der Waals surface area contributed by atoms with Gasteiger partial charge in [-0.3, -0.25) is 5.10 Å². The van der Waals surface area contributed by atoms with Crippen molar-refractivity contribution in [3.8, 4) is 0 Å². The minimum Gasteiger partial charge on any atom is -0.374 e. The number of anilines is 1. The second-order valence-electron chi connectivity index (χ2n) is 6.47. The van der Waals surface area contributed by atoms with Crippen molar-refractivity contribution in [2.45, 2.75) is 27.7 Å². The van der Waals surface area contributed by atoms with Gasteiger partial charge in [0.15, 0.2) is 5.82 Å². The molecule has 0 aliphatic carbocycles. The zero-order valence-corrected chi connectivity index (χ0v) is 17.1. The van der Waals surface area contributed by atoms with Crippen LogP contribution in [0, 0.1) is 12.7 Å². The van der Waals surface area contributed by atoms with Crippen LogP contribution in [0.1, 0.15) is 31.9 Å². The summed E-state index contributed by atoms with van der Waals surface area (Å²) in [6.45, 7) is 7.61. The van der Waals surface area contributed by atoms with Crippen molar-refractivity contribution in [2.75, 3.05) is 26.0 Å². The SMILES string of the molecule is C\C=C(/N=C(C)/C=C\C(=C/C)c1c(C)c(F)c(N(C)C)c2[nH]ncc12)NC. The third kappa shape index (κ3) is 4.10. The number of fused-ring (bicyclic) bond motifs is 1. The van der Waals surface area contributed by atoms with Crippen molar-refractivity contribution in [3.05, 3.63) is 53.3 Å². The quantitative estimate of drug-likeness (QED) is 0.579. The molecule has 2 aromatic rings. The summed E-state index contributed by atoms with van der Waals surface area (Å²) in [6.07, 6.45) is 9.52. The van der Waals surface area contributed by atoms with E-state index in [1.807, 2.05) is 66.2 Å². The summed E-state index contributed by atoms with van der Waals surface area (Å²) in [5.74, 6) is 0.560. The van der Waals surface area contributed by atoms with Crippen LogP contribution in [0.3, 0.4) is 0 Å². The van der Waals surface area contributed by atoms with Gasteiger partial charge in [-0.05, 0) is 56.5 Å². The molecule has 0 fully saturated rings. The van der Waals surface area contributed by atoms with E-state index in [4.69, 9.17) is 0 Å². The van der Waals surface area contributed by atoms with Crippen molar-refractivity contribution in [2.24, 2.45) is 4.99 Å². The second kappa shape index (κ2) is 8.66. The molecule has 1 aromatic heterocycles. The average molecular weight is 369 g/mol. The molecule has 0 spiro atoms. The summed E-state index contributed by atoms with van der Waals surface area (Å²) in [7, 11) is 5.49. The summed E-state index contributed by atoms with van der Waals surface area (Å²) in [5.41, 5.74) is 4.43. The molecule has 2 rings (SSSR count). The fourth-order valence-corrected chi connectivity index (χ4v) is 3.07. The number of aromatic amines is 1. The highest BCUT2D eigenvalue weighted by molar-refractivity contribution is 6.03. The average Bonchev–Trinajstić information content (AvgIpc) is 3.10. The minimum atomic E-state index is -0.240. The molecule has 0 saturated carbocycles. The lowest BCUT2D eigenvalue weighted by atomic mass is 9.94. The third-order valence-corrected chi connectivity index (χ3v) is 4.43. The number of rotatable bonds is 6. The van der Waals surface area contributed by atoms with E-state index in [0.717, 1.165) is 28.1 Å². The topological polar surface area (TPSA) is 56.3 Å². The largest absolute Gasteiger partial charge is 0.374 e. The predicted molar refractivity (Wildman–Crippen MR) is 114 cm³/mol. The first kappa shape index (κ1) is 20.4. The van der Waals surface area contributed by atoms with Gasteiger partial charge < -0.3 is 10.2 Å². The molecule has 0 aliphatic heterocycles. The highest BCUT2D eigenvalue weighted by atomic mass is 19.1. The molecule has 0 saturated heterocycles. The first-order valence-corrected chi connectivity index (χ1v) is 8.92. The summed E-state index contributed by atoms with van der Waals surface area (Å²) in [4.78, 5) is 6.27. The smallest absolute Gasteiger partial charge is 0.152 e. The predicted octanol–water partition coefficient (Wildman–Crippen LogP) is 4.58. The van der Waals surface area contributed by atoms with Crippen molar-refractivity contribution in [1.82, 2.24) is 15.5 Å². The van der Waals surface area contributed by atoms with E-state index < -0.39 is 0 Å². The Balaban J connectivity index is 2.58. The molecule has 0 unspecified atom stereocenters. The number of aromatic nitrogens is 2. The Labute approximate surface area is 160 Å². The Kier molecular flexibility index (Phi) is 6.55. The first-order valence-electron chi connectivity index (χ1n) is 8.92. The van der Waals surface area contributed by atoms with Gasteiger partial charge >= 0.3 is 0 Å². The van der Waals surface area contributed by atoms with Crippen LogP contribution in [0.2, 0.25) is 0 Å². The number of benzene rings is 1. The van der Waals surface area contributed by atoms with E-state index >= 15 is 4.39 Å². The van der Waals surface area contributed by atoms with E-state index in [1.165, 1.54) is 0 Å². The van der Waals surface area contributed by atoms with Gasteiger partial charge in [-0.15, -0.1) is 0 Å². The van der Waals surface area contributed by atoms with Crippen LogP contribution in [-0.2, 0) is 0 Å². The molecule has 6 heteroatoms. The normalized spacial score (nSPS) is 13.7. The highest BCUT2D eigenvalue weighted by Gasteiger charge is 2.20. The molecule has 1 aromatic carbocycles. The molecule has 0 aliphatic rings. The van der Waals surface area contributed by atoms with Crippen molar-refractivity contribution in [1.29, 1.82) is 0 Å². The van der Waals surface area contributed by atoms with Gasteiger partial charge in [-0.2, -0.15) is 5.10 Å². The van der Waals surface area contributed by atoms with Crippen molar-refractivity contribution in [3.63, 3.8) is 0 Å². The number of allylic oxidation sites excluding steroid dienone is 5. The van der Waals surface area contributed by atoms with E-state index in [9.17, 15) is 0 Å². The number of halogens is 1. The molecular formula is C21H28FN5. The summed E-state index contributed by atoms with van der Waals surface area (Å²) in [6, 6.07) is 0. The number of hydrogen-bond acceptors (Lipinski definition) is 4. The van der Waals surface area contributed by atoms with Gasteiger partial charge in [0.05, 0.1) is 17.4 Å². The van der Waals surface area contributed by atoms with Crippen molar-refractivity contribution < 1.29 is 4.39 Å². The fraction of sp³-hybridized carbons (Fsp3) is 0.333. The lowest BCUT2D eigenvalue weighted by Gasteiger charge is -2.19. The molecule has 0 radical (unpaired) electrons. The third-order valence-electron chi connectivity index (χ3n) is 4.43. The van der Waals surface area contributed by atoms with E-state index in [1.54, 1.807) is 18.0 Å². The summed E-state index contributed by atoms with van der Waals surface area (Å²) in [5, 5.41) is 11.0. The van der Waals surface area contributed by atoms with Crippen molar-refractivity contribution >= 4 is 27.9 Å². The van der Waals surface area contributed by atoms with Crippen LogP contribution < -0.4 is 10.2 Å². The zero-order chi connectivity index (χ0) is 20.1. The second-order valence-corrected chi connectivity index (χ2v) is 6.47. The fourth-order valence-electron chi connectivity index (χ4n) is 3.07. The maximum atomic E-state index is 15.1. The first-order chi connectivity index (χ1) is 12.8. The van der Waals surface area contributed by atoms with E-state index in [0.29, 0.717) is 16.8 Å². The number of aliphatic imine (C=N–C) groups is 1. The van der Waals surface area contributed by atoms with Gasteiger partial charge in [0, 0.05) is 32.2 Å². The number of hydrogen-bond donors (Lipinski definition) is 2. The molecular weight excluding hydrogens is 341 g/mol. The summed E-state index contributed by atoms with van der Waals surface area (Å²) >= 11 is 0. The lowest BCUT2D eigenvalue weighted by Crippen LogP contribution is -2.13. The van der Waals surface area contributed by atoms with E-state index in [-0.39, 0.29) is 5.82 Å². The Morgan fingerprint density at radius 2 is 1.96 bits per heavy atom. The number of nitrogens with zero attached hydrogens (tertiary/aromatic N) is 3. The maximum Gasteiger partial charge on any atom is 0.152 e. The minimum absolute atomic E-state index is 0.240. The molecule has 144 valence electrons. The Morgan fingerprint density at radius 1 is 1.26 bits per heavy atom. The number of nitrogens with one attached hydrogen (secondary N) is 2. The van der Waals surface area contributed by atoms with Gasteiger partial charge in [-0.25, -0.2) is 9.38 Å². The molecule has 27 heavy (non-hydrogen) atoms. The Morgan fingerprint density at radius 3 is 2.52 bits per heavy atom. The molecule has 2 N–H and O–H groups in total. The highest BCUT2D eigenvalue weighted by Crippen LogP contribution is 2.37. The van der Waals surface area contributed by atoms with Crippen LogP contribution in [0.5, 0.6) is 0 Å². The van der Waals surface area contributed by atoms with Crippen LogP contribution >= 0.6 is 0 Å². The lowest BCUT2D eigenvalue weighted by molar-refractivity contribution is 0.618. The molecule has 1 heterocycles. The molecule has 0 amide bonds. The van der Waals surface area contributed by atoms with Gasteiger partial charge in [0.25, 0.3) is 0 Å². The molecule has 0 bridgehead atoms. The van der Waals surface area contributed by atoms with E-state index in [2.05, 4.69) is 20.5 Å². The van der Waals surface area contributed by atoms with Gasteiger partial charge in [0.2, 0.25) is 0 Å². The van der Waals surface area contributed by atoms with Crippen LogP contribution in [0.25, 0.3) is 16.5 Å². The molecule has 5 nitrogen and oxygen atoms in total. The van der Waals surface area contributed by atoms with Crippen LogP contribution in [0.15, 0.2) is 41.3 Å². The van der Waals surface area contributed by atoms with Crippen LogP contribution in [0.4, 0.5) is 10.1 Å². The Bertz CT molecular complexity index is 945.